The number of guanidine groups is 2. The van der Waals surface area contributed by atoms with E-state index in [-0.39, 0.29) is 37.9 Å². The third-order valence-corrected chi connectivity index (χ3v) is 4.20. The highest BCUT2D eigenvalue weighted by molar-refractivity contribution is 6.07. The normalized spacial score (nSPS) is 16.5. The van der Waals surface area contributed by atoms with E-state index in [0.29, 0.717) is 19.4 Å². The second kappa shape index (κ2) is 12.2. The van der Waals surface area contributed by atoms with Gasteiger partial charge in [-0.3, -0.25) is 30.0 Å². The Morgan fingerprint density at radius 2 is 2.07 bits per heavy atom. The van der Waals surface area contributed by atoms with E-state index < -0.39 is 35.8 Å². The van der Waals surface area contributed by atoms with E-state index in [1.54, 1.807) is 0 Å². The van der Waals surface area contributed by atoms with E-state index in [4.69, 9.17) is 22.3 Å². The van der Waals surface area contributed by atoms with Gasteiger partial charge in [0, 0.05) is 32.5 Å². The molecule has 5 amide bonds. The molecule has 2 atom stereocenters. The lowest BCUT2D eigenvalue weighted by molar-refractivity contribution is -0.139. The molecule has 0 saturated heterocycles. The van der Waals surface area contributed by atoms with Gasteiger partial charge in [-0.1, -0.05) is 0 Å². The van der Waals surface area contributed by atoms with Crippen LogP contribution >= 0.6 is 0 Å². The van der Waals surface area contributed by atoms with Crippen LogP contribution in [0.25, 0.3) is 0 Å². The molecule has 30 heavy (non-hydrogen) atoms. The zero-order chi connectivity index (χ0) is 22.7. The van der Waals surface area contributed by atoms with Crippen molar-refractivity contribution in [3.63, 3.8) is 0 Å². The highest BCUT2D eigenvalue weighted by Gasteiger charge is 2.31. The molecule has 0 spiro atoms. The number of hydrogen-bond acceptors (Lipinski definition) is 7. The second-order valence-corrected chi connectivity index (χ2v) is 6.58. The molecule has 0 radical (unpaired) electrons. The number of aliphatic imine (C=N–C) groups is 2. The first-order chi connectivity index (χ1) is 14.1. The van der Waals surface area contributed by atoms with Gasteiger partial charge >= 0.3 is 6.03 Å². The van der Waals surface area contributed by atoms with Crippen molar-refractivity contribution < 1.29 is 24.3 Å². The van der Waals surface area contributed by atoms with Gasteiger partial charge in [0.05, 0.1) is 13.2 Å². The van der Waals surface area contributed by atoms with Crippen LogP contribution in [0.5, 0.6) is 0 Å². The van der Waals surface area contributed by atoms with Crippen LogP contribution in [0.1, 0.15) is 25.7 Å². The minimum Gasteiger partial charge on any atom is -0.396 e. The molecule has 0 saturated carbocycles. The van der Waals surface area contributed by atoms with Gasteiger partial charge in [0.15, 0.2) is 5.96 Å². The molecular weight excluding hydrogens is 398 g/mol. The van der Waals surface area contributed by atoms with Gasteiger partial charge in [0.1, 0.15) is 6.04 Å². The summed E-state index contributed by atoms with van der Waals surface area (Å²) in [5.74, 6) is -1.47. The fraction of sp³-hybridized carbons (Fsp3) is 0.625. The van der Waals surface area contributed by atoms with E-state index in [2.05, 4.69) is 25.9 Å². The molecule has 168 valence electrons. The van der Waals surface area contributed by atoms with Gasteiger partial charge in [-0.05, 0) is 12.8 Å². The first-order valence-corrected chi connectivity index (χ1v) is 9.27. The van der Waals surface area contributed by atoms with Crippen molar-refractivity contribution >= 4 is 35.7 Å². The van der Waals surface area contributed by atoms with Gasteiger partial charge < -0.3 is 32.5 Å². The summed E-state index contributed by atoms with van der Waals surface area (Å²) in [6, 6.07) is -2.29. The molecule has 0 aromatic carbocycles. The first-order valence-electron chi connectivity index (χ1n) is 9.27. The SMILES string of the molecule is CN(C(=O)CC(CCCN=C(N)N)NC(=O)CCO)C1CN=C(NC(N)=O)NC1=O. The lowest BCUT2D eigenvalue weighted by Crippen LogP contribution is -2.58. The van der Waals surface area contributed by atoms with Gasteiger partial charge in [-0.25, -0.2) is 9.79 Å². The number of carbonyl (C=O) groups excluding carboxylic acids is 4. The third-order valence-electron chi connectivity index (χ3n) is 4.20. The van der Waals surface area contributed by atoms with E-state index >= 15 is 0 Å². The van der Waals surface area contributed by atoms with Crippen molar-refractivity contribution in [2.75, 3.05) is 26.7 Å². The molecule has 0 aromatic rings. The summed E-state index contributed by atoms with van der Waals surface area (Å²) < 4.78 is 0. The van der Waals surface area contributed by atoms with Crippen LogP contribution in [-0.2, 0) is 14.4 Å². The van der Waals surface area contributed by atoms with E-state index in [1.807, 2.05) is 0 Å². The van der Waals surface area contributed by atoms with Crippen LogP contribution in [0.3, 0.4) is 0 Å². The maximum Gasteiger partial charge on any atom is 0.318 e. The smallest absolute Gasteiger partial charge is 0.318 e. The fourth-order valence-corrected chi connectivity index (χ4v) is 2.69. The van der Waals surface area contributed by atoms with E-state index in [9.17, 15) is 19.2 Å². The number of nitrogens with two attached hydrogens (primary N) is 3. The highest BCUT2D eigenvalue weighted by atomic mass is 16.3. The van der Waals surface area contributed by atoms with Crippen molar-refractivity contribution in [1.29, 1.82) is 0 Å². The number of urea groups is 1. The molecule has 0 aliphatic carbocycles. The Bertz CT molecular complexity index is 705. The summed E-state index contributed by atoms with van der Waals surface area (Å²) in [7, 11) is 1.45. The van der Waals surface area contributed by atoms with Crippen molar-refractivity contribution in [1.82, 2.24) is 20.9 Å². The molecule has 1 aliphatic heterocycles. The molecule has 0 bridgehead atoms. The van der Waals surface area contributed by atoms with Crippen molar-refractivity contribution in [3.8, 4) is 0 Å². The quantitative estimate of drug-likeness (QED) is 0.104. The molecule has 14 nitrogen and oxygen atoms in total. The second-order valence-electron chi connectivity index (χ2n) is 6.58. The Balaban J connectivity index is 2.72. The van der Waals surface area contributed by atoms with Crippen LogP contribution in [0.4, 0.5) is 4.79 Å². The van der Waals surface area contributed by atoms with E-state index in [0.717, 1.165) is 0 Å². The molecule has 1 heterocycles. The van der Waals surface area contributed by atoms with Crippen LogP contribution in [-0.4, -0.2) is 84.5 Å². The Morgan fingerprint density at radius 3 is 2.63 bits per heavy atom. The molecule has 2 unspecified atom stereocenters. The zero-order valence-electron chi connectivity index (χ0n) is 16.8. The third kappa shape index (κ3) is 8.72. The molecule has 10 N–H and O–H groups in total. The summed E-state index contributed by atoms with van der Waals surface area (Å²) in [6.07, 6.45) is 0.754. The Kier molecular flexibility index (Phi) is 10.0. The molecule has 1 rings (SSSR count). The largest absolute Gasteiger partial charge is 0.396 e. The number of amides is 5. The summed E-state index contributed by atoms with van der Waals surface area (Å²) in [5, 5.41) is 16.1. The van der Waals surface area contributed by atoms with Gasteiger partial charge in [0.2, 0.25) is 17.8 Å². The average molecular weight is 427 g/mol. The number of carbonyl (C=O) groups is 4. The number of likely N-dealkylation sites (N-methyl/N-ethyl adjacent to an activating group) is 1. The highest BCUT2D eigenvalue weighted by Crippen LogP contribution is 2.10. The Labute approximate surface area is 173 Å². The van der Waals surface area contributed by atoms with Crippen molar-refractivity contribution in [2.24, 2.45) is 27.2 Å². The number of hydrogen-bond donors (Lipinski definition) is 7. The maximum atomic E-state index is 12.7. The minimum absolute atomic E-state index is 0.0549. The zero-order valence-corrected chi connectivity index (χ0v) is 16.8. The fourth-order valence-electron chi connectivity index (χ4n) is 2.69. The standard InChI is InChI=1S/C16H29N9O5/c1-25(10-8-21-16(23-13(10)29)24-15(19)30)12(28)7-9(22-11(27)4-6-26)3-2-5-20-14(17)18/h9-10,26H,2-8H2,1H3,(H,22,27)(H4,17,18,20)(H4,19,21,23,24,29,30). The molecular formula is C16H29N9O5. The van der Waals surface area contributed by atoms with Crippen molar-refractivity contribution in [3.05, 3.63) is 0 Å². The Morgan fingerprint density at radius 1 is 1.37 bits per heavy atom. The topological polar surface area (TPSA) is 231 Å². The van der Waals surface area contributed by atoms with Crippen LogP contribution < -0.4 is 33.2 Å². The average Bonchev–Trinajstić information content (AvgIpc) is 2.64. The lowest BCUT2D eigenvalue weighted by Gasteiger charge is -2.30. The van der Waals surface area contributed by atoms with Crippen molar-refractivity contribution in [2.45, 2.75) is 37.8 Å². The maximum absolute atomic E-state index is 12.7. The molecule has 0 fully saturated rings. The molecule has 1 aliphatic rings. The molecule has 0 aromatic heterocycles. The number of primary amides is 1. The number of rotatable bonds is 10. The number of nitrogens with one attached hydrogen (secondary N) is 3. The van der Waals surface area contributed by atoms with Crippen LogP contribution in [0.2, 0.25) is 0 Å². The van der Waals surface area contributed by atoms with Crippen LogP contribution in [0, 0.1) is 0 Å². The minimum atomic E-state index is -0.883. The number of aliphatic hydroxyl groups is 1. The van der Waals surface area contributed by atoms with E-state index in [1.165, 1.54) is 11.9 Å². The van der Waals surface area contributed by atoms with Gasteiger partial charge in [-0.2, -0.15) is 0 Å². The number of nitrogens with zero attached hydrogens (tertiary/aromatic N) is 3. The first kappa shape index (κ1) is 24.6. The number of aliphatic hydroxyl groups excluding tert-OH is 1. The van der Waals surface area contributed by atoms with Gasteiger partial charge in [0.25, 0.3) is 5.91 Å². The Hall–Kier alpha value is -3.42. The molecule has 14 heteroatoms. The van der Waals surface area contributed by atoms with Gasteiger partial charge in [-0.15, -0.1) is 0 Å². The predicted octanol–water partition coefficient (Wildman–Crippen LogP) is -3.72. The monoisotopic (exact) mass is 427 g/mol. The summed E-state index contributed by atoms with van der Waals surface area (Å²) >= 11 is 0. The van der Waals surface area contributed by atoms with Crippen LogP contribution in [0.15, 0.2) is 9.98 Å². The summed E-state index contributed by atoms with van der Waals surface area (Å²) in [6.45, 7) is -0.0494. The lowest BCUT2D eigenvalue weighted by atomic mass is 10.1. The predicted molar refractivity (Wildman–Crippen MR) is 108 cm³/mol. The summed E-state index contributed by atoms with van der Waals surface area (Å²) in [4.78, 5) is 56.6. The summed E-state index contributed by atoms with van der Waals surface area (Å²) in [5.41, 5.74) is 15.5.